The lowest BCUT2D eigenvalue weighted by atomic mass is 10.1. The second-order valence-corrected chi connectivity index (χ2v) is 9.68. The minimum atomic E-state index is -0.0659. The van der Waals surface area contributed by atoms with Gasteiger partial charge in [0, 0.05) is 16.6 Å². The highest BCUT2D eigenvalue weighted by Crippen LogP contribution is 2.37. The van der Waals surface area contributed by atoms with Crippen LogP contribution in [-0.4, -0.2) is 26.6 Å². The lowest BCUT2D eigenvalue weighted by molar-refractivity contribution is -0.113. The van der Waals surface area contributed by atoms with Crippen LogP contribution in [0.25, 0.3) is 31.6 Å². The lowest BCUT2D eigenvalue weighted by Crippen LogP contribution is -2.14. The van der Waals surface area contributed by atoms with Crippen molar-refractivity contribution in [2.24, 2.45) is 0 Å². The van der Waals surface area contributed by atoms with E-state index in [1.54, 1.807) is 29.0 Å². The van der Waals surface area contributed by atoms with E-state index < -0.39 is 0 Å². The van der Waals surface area contributed by atoms with Crippen LogP contribution in [0.15, 0.2) is 65.3 Å². The molecular formula is C22H16N4OS3. The average Bonchev–Trinajstić information content (AvgIpc) is 3.35. The Morgan fingerprint density at radius 2 is 2.00 bits per heavy atom. The SMILES string of the molecule is Cc1nc2ccc(NC(=O)CSc3ncnc4scc(-c5ccccc5)c34)cc2s1. The Hall–Kier alpha value is -2.81. The zero-order valence-corrected chi connectivity index (χ0v) is 18.4. The number of hydrogen-bond acceptors (Lipinski definition) is 7. The number of hydrogen-bond donors (Lipinski definition) is 1. The second-order valence-electron chi connectivity index (χ2n) is 6.63. The number of rotatable bonds is 5. The molecular weight excluding hydrogens is 432 g/mol. The largest absolute Gasteiger partial charge is 0.325 e. The monoisotopic (exact) mass is 448 g/mol. The Morgan fingerprint density at radius 3 is 2.87 bits per heavy atom. The summed E-state index contributed by atoms with van der Waals surface area (Å²) in [5.41, 5.74) is 3.97. The zero-order valence-electron chi connectivity index (χ0n) is 16.0. The summed E-state index contributed by atoms with van der Waals surface area (Å²) in [5.74, 6) is 0.208. The molecule has 148 valence electrons. The van der Waals surface area contributed by atoms with Gasteiger partial charge in [0.2, 0.25) is 5.91 Å². The van der Waals surface area contributed by atoms with Gasteiger partial charge in [-0.1, -0.05) is 42.1 Å². The number of nitrogens with zero attached hydrogens (tertiary/aromatic N) is 3. The van der Waals surface area contributed by atoms with Crippen LogP contribution in [0, 0.1) is 6.92 Å². The number of aromatic nitrogens is 3. The summed E-state index contributed by atoms with van der Waals surface area (Å²) in [5, 5.41) is 7.93. The first kappa shape index (κ1) is 19.2. The van der Waals surface area contributed by atoms with E-state index in [4.69, 9.17) is 0 Å². The van der Waals surface area contributed by atoms with Crippen molar-refractivity contribution in [1.29, 1.82) is 0 Å². The maximum absolute atomic E-state index is 12.6. The molecule has 0 aliphatic heterocycles. The first-order valence-corrected chi connectivity index (χ1v) is 11.9. The molecule has 8 heteroatoms. The molecule has 3 aromatic heterocycles. The first-order valence-electron chi connectivity index (χ1n) is 9.25. The van der Waals surface area contributed by atoms with E-state index in [0.717, 1.165) is 47.3 Å². The van der Waals surface area contributed by atoms with E-state index in [1.165, 1.54) is 11.8 Å². The Labute approximate surface area is 185 Å². The molecule has 0 saturated heterocycles. The summed E-state index contributed by atoms with van der Waals surface area (Å²) in [6.45, 7) is 1.98. The second kappa shape index (κ2) is 8.14. The van der Waals surface area contributed by atoms with Crippen molar-refractivity contribution in [3.63, 3.8) is 0 Å². The van der Waals surface area contributed by atoms with Crippen molar-refractivity contribution in [3.05, 3.63) is 65.2 Å². The Balaban J connectivity index is 1.35. The number of fused-ring (bicyclic) bond motifs is 2. The number of thiazole rings is 1. The summed E-state index contributed by atoms with van der Waals surface area (Å²) in [6, 6.07) is 16.0. The van der Waals surface area contributed by atoms with Crippen molar-refractivity contribution < 1.29 is 4.79 Å². The van der Waals surface area contributed by atoms with Gasteiger partial charge in [-0.05, 0) is 30.7 Å². The van der Waals surface area contributed by atoms with Gasteiger partial charge in [-0.3, -0.25) is 4.79 Å². The highest BCUT2D eigenvalue weighted by molar-refractivity contribution is 8.00. The molecule has 1 amide bonds. The molecule has 5 nitrogen and oxygen atoms in total. The van der Waals surface area contributed by atoms with E-state index in [-0.39, 0.29) is 11.7 Å². The highest BCUT2D eigenvalue weighted by Gasteiger charge is 2.15. The predicted molar refractivity (Wildman–Crippen MR) is 127 cm³/mol. The Bertz CT molecular complexity index is 1360. The van der Waals surface area contributed by atoms with Crippen molar-refractivity contribution in [3.8, 4) is 11.1 Å². The third kappa shape index (κ3) is 3.81. The molecule has 0 aliphatic rings. The highest BCUT2D eigenvalue weighted by atomic mass is 32.2. The van der Waals surface area contributed by atoms with Gasteiger partial charge in [0.05, 0.1) is 26.4 Å². The zero-order chi connectivity index (χ0) is 20.5. The molecule has 5 aromatic rings. The van der Waals surface area contributed by atoms with Crippen molar-refractivity contribution in [2.75, 3.05) is 11.1 Å². The number of benzene rings is 2. The predicted octanol–water partition coefficient (Wildman–Crippen LogP) is 6.01. The maximum atomic E-state index is 12.6. The van der Waals surface area contributed by atoms with Crippen LogP contribution < -0.4 is 5.32 Å². The summed E-state index contributed by atoms with van der Waals surface area (Å²) >= 11 is 4.65. The molecule has 0 radical (unpaired) electrons. The number of thiophene rings is 1. The molecule has 30 heavy (non-hydrogen) atoms. The molecule has 1 N–H and O–H groups in total. The van der Waals surface area contributed by atoms with Crippen LogP contribution in [0.3, 0.4) is 0 Å². The van der Waals surface area contributed by atoms with E-state index in [0.29, 0.717) is 0 Å². The third-order valence-electron chi connectivity index (χ3n) is 4.54. The van der Waals surface area contributed by atoms with Crippen LogP contribution in [0.1, 0.15) is 5.01 Å². The first-order chi connectivity index (χ1) is 14.7. The molecule has 0 aliphatic carbocycles. The summed E-state index contributed by atoms with van der Waals surface area (Å²) in [6.07, 6.45) is 1.56. The van der Waals surface area contributed by atoms with Crippen molar-refractivity contribution in [1.82, 2.24) is 15.0 Å². The lowest BCUT2D eigenvalue weighted by Gasteiger charge is -2.07. The summed E-state index contributed by atoms with van der Waals surface area (Å²) < 4.78 is 1.07. The van der Waals surface area contributed by atoms with Crippen molar-refractivity contribution >= 4 is 66.5 Å². The number of nitrogens with one attached hydrogen (secondary N) is 1. The van der Waals surface area contributed by atoms with Gasteiger partial charge in [0.25, 0.3) is 0 Å². The van der Waals surface area contributed by atoms with Crippen LogP contribution >= 0.6 is 34.4 Å². The van der Waals surface area contributed by atoms with E-state index in [9.17, 15) is 4.79 Å². The van der Waals surface area contributed by atoms with E-state index in [2.05, 4.69) is 37.8 Å². The van der Waals surface area contributed by atoms with Crippen LogP contribution in [0.5, 0.6) is 0 Å². The molecule has 0 fully saturated rings. The molecule has 0 bridgehead atoms. The van der Waals surface area contributed by atoms with Gasteiger partial charge in [-0.15, -0.1) is 22.7 Å². The molecule has 0 unspecified atom stereocenters. The van der Waals surface area contributed by atoms with Crippen LogP contribution in [-0.2, 0) is 4.79 Å². The molecule has 0 spiro atoms. The molecule has 0 atom stereocenters. The number of carbonyl (C=O) groups excluding carboxylic acids is 1. The molecule has 3 heterocycles. The number of anilines is 1. The minimum Gasteiger partial charge on any atom is -0.325 e. The van der Waals surface area contributed by atoms with Gasteiger partial charge < -0.3 is 5.32 Å². The minimum absolute atomic E-state index is 0.0659. The molecule has 2 aromatic carbocycles. The maximum Gasteiger partial charge on any atom is 0.234 e. The van der Waals surface area contributed by atoms with Gasteiger partial charge >= 0.3 is 0 Å². The average molecular weight is 449 g/mol. The fourth-order valence-corrected chi connectivity index (χ4v) is 5.90. The number of aryl methyl sites for hydroxylation is 1. The molecule has 5 rings (SSSR count). The standard InChI is InChI=1S/C22H16N4OS3/c1-13-25-17-8-7-15(9-18(17)30-13)26-19(27)11-29-22-20-16(14-5-3-2-4-6-14)10-28-21(20)23-12-24-22/h2-10,12H,11H2,1H3,(H,26,27). The number of amides is 1. The Kier molecular flexibility index (Phi) is 5.20. The van der Waals surface area contributed by atoms with E-state index >= 15 is 0 Å². The van der Waals surface area contributed by atoms with E-state index in [1.807, 2.05) is 43.3 Å². The third-order valence-corrected chi connectivity index (χ3v) is 7.35. The smallest absolute Gasteiger partial charge is 0.234 e. The Morgan fingerprint density at radius 1 is 1.13 bits per heavy atom. The van der Waals surface area contributed by atoms with Gasteiger partial charge in [-0.2, -0.15) is 0 Å². The summed E-state index contributed by atoms with van der Waals surface area (Å²) in [7, 11) is 0. The van der Waals surface area contributed by atoms with Crippen molar-refractivity contribution in [2.45, 2.75) is 11.9 Å². The van der Waals surface area contributed by atoms with Crippen LogP contribution in [0.2, 0.25) is 0 Å². The number of thioether (sulfide) groups is 1. The van der Waals surface area contributed by atoms with Crippen LogP contribution in [0.4, 0.5) is 5.69 Å². The van der Waals surface area contributed by atoms with Gasteiger partial charge in [0.15, 0.2) is 0 Å². The van der Waals surface area contributed by atoms with Gasteiger partial charge in [0.1, 0.15) is 16.2 Å². The molecule has 0 saturated carbocycles. The topological polar surface area (TPSA) is 67.8 Å². The summed E-state index contributed by atoms with van der Waals surface area (Å²) in [4.78, 5) is 26.8. The fourth-order valence-electron chi connectivity index (χ4n) is 3.24. The fraction of sp³-hybridized carbons (Fsp3) is 0.0909. The quantitative estimate of drug-likeness (QED) is 0.263. The normalized spacial score (nSPS) is 11.2. The number of carbonyl (C=O) groups is 1. The van der Waals surface area contributed by atoms with Gasteiger partial charge in [-0.25, -0.2) is 15.0 Å².